The van der Waals surface area contributed by atoms with Crippen LogP contribution in [0.5, 0.6) is 0 Å². The maximum Gasteiger partial charge on any atom is 0.310 e. The van der Waals surface area contributed by atoms with Crippen LogP contribution in [-0.2, 0) is 20.7 Å². The molecular weight excluding hydrogens is 339 g/mol. The molecule has 0 aliphatic heterocycles. The Morgan fingerprint density at radius 1 is 1.00 bits per heavy atom. The van der Waals surface area contributed by atoms with E-state index in [1.807, 2.05) is 32.0 Å². The van der Waals surface area contributed by atoms with Crippen molar-refractivity contribution in [2.45, 2.75) is 20.3 Å². The van der Waals surface area contributed by atoms with Crippen LogP contribution in [0.3, 0.4) is 0 Å². The second-order valence-electron chi connectivity index (χ2n) is 5.74. The molecule has 0 spiro atoms. The molecule has 0 atom stereocenters. The molecule has 0 heterocycles. The Hall–Kier alpha value is -3.22. The van der Waals surface area contributed by atoms with Gasteiger partial charge in [-0.2, -0.15) is 0 Å². The summed E-state index contributed by atoms with van der Waals surface area (Å²) in [4.78, 5) is 35.1. The molecule has 2 aromatic carbocycles. The number of carbonyl (C=O) groups is 3. The number of esters is 1. The topological polar surface area (TPSA) is 84.5 Å². The zero-order valence-corrected chi connectivity index (χ0v) is 14.5. The minimum absolute atomic E-state index is 0.0377. The van der Waals surface area contributed by atoms with Crippen molar-refractivity contribution >= 4 is 17.8 Å². The predicted octanol–water partition coefficient (Wildman–Crippen LogP) is 1.99. The van der Waals surface area contributed by atoms with Gasteiger partial charge >= 0.3 is 5.97 Å². The number of hydrazine groups is 1. The highest BCUT2D eigenvalue weighted by atomic mass is 19.1. The number of hydrogen-bond acceptors (Lipinski definition) is 4. The number of nitrogens with one attached hydrogen (secondary N) is 2. The van der Waals surface area contributed by atoms with E-state index in [-0.39, 0.29) is 12.0 Å². The van der Waals surface area contributed by atoms with Crippen LogP contribution in [0.4, 0.5) is 4.39 Å². The first-order valence-corrected chi connectivity index (χ1v) is 7.92. The number of benzene rings is 2. The molecule has 0 aromatic heterocycles. The van der Waals surface area contributed by atoms with Gasteiger partial charge in [-0.1, -0.05) is 30.3 Å². The van der Waals surface area contributed by atoms with Crippen LogP contribution < -0.4 is 10.9 Å². The highest BCUT2D eigenvalue weighted by molar-refractivity contribution is 5.95. The van der Waals surface area contributed by atoms with Gasteiger partial charge in [0.25, 0.3) is 11.8 Å². The Kier molecular flexibility index (Phi) is 6.43. The number of aryl methyl sites for hydroxylation is 2. The molecule has 0 unspecified atom stereocenters. The summed E-state index contributed by atoms with van der Waals surface area (Å²) in [6.07, 6.45) is 0.0377. The van der Waals surface area contributed by atoms with E-state index in [0.717, 1.165) is 22.8 Å². The molecule has 6 nitrogen and oxygen atoms in total. The third-order valence-corrected chi connectivity index (χ3v) is 3.72. The molecule has 0 radical (unpaired) electrons. The van der Waals surface area contributed by atoms with E-state index in [0.29, 0.717) is 0 Å². The van der Waals surface area contributed by atoms with Gasteiger partial charge in [0.1, 0.15) is 5.82 Å². The summed E-state index contributed by atoms with van der Waals surface area (Å²) in [7, 11) is 0. The summed E-state index contributed by atoms with van der Waals surface area (Å²) < 4.78 is 18.3. The summed E-state index contributed by atoms with van der Waals surface area (Å²) in [5.74, 6) is -2.82. The number of hydrogen-bond donors (Lipinski definition) is 2. The summed E-state index contributed by atoms with van der Waals surface area (Å²) in [5.41, 5.74) is 6.87. The van der Waals surface area contributed by atoms with Crippen LogP contribution >= 0.6 is 0 Å². The fraction of sp³-hybridized carbons (Fsp3) is 0.211. The van der Waals surface area contributed by atoms with Gasteiger partial charge < -0.3 is 4.74 Å². The molecule has 2 N–H and O–H groups in total. The van der Waals surface area contributed by atoms with Crippen LogP contribution in [0.25, 0.3) is 0 Å². The molecule has 2 rings (SSSR count). The Labute approximate surface area is 150 Å². The van der Waals surface area contributed by atoms with Crippen LogP contribution in [0.1, 0.15) is 27.0 Å². The van der Waals surface area contributed by atoms with Crippen molar-refractivity contribution in [3.05, 3.63) is 70.5 Å². The van der Waals surface area contributed by atoms with Crippen molar-refractivity contribution in [1.29, 1.82) is 0 Å². The van der Waals surface area contributed by atoms with Crippen molar-refractivity contribution in [2.24, 2.45) is 0 Å². The van der Waals surface area contributed by atoms with Crippen molar-refractivity contribution in [3.63, 3.8) is 0 Å². The van der Waals surface area contributed by atoms with E-state index in [9.17, 15) is 18.8 Å². The van der Waals surface area contributed by atoms with Gasteiger partial charge in [-0.25, -0.2) is 4.39 Å². The lowest BCUT2D eigenvalue weighted by molar-refractivity contribution is -0.148. The monoisotopic (exact) mass is 358 g/mol. The normalized spacial score (nSPS) is 10.1. The maximum atomic E-state index is 13.4. The van der Waals surface area contributed by atoms with Gasteiger partial charge in [0.05, 0.1) is 12.0 Å². The lowest BCUT2D eigenvalue weighted by atomic mass is 10.0. The maximum absolute atomic E-state index is 13.4. The minimum atomic E-state index is -0.807. The van der Waals surface area contributed by atoms with Crippen LogP contribution in [0.2, 0.25) is 0 Å². The first-order chi connectivity index (χ1) is 12.4. The first kappa shape index (κ1) is 19.1. The largest absolute Gasteiger partial charge is 0.455 e. The second-order valence-corrected chi connectivity index (χ2v) is 5.74. The van der Waals surface area contributed by atoms with E-state index < -0.39 is 30.2 Å². The average Bonchev–Trinajstić information content (AvgIpc) is 2.61. The summed E-state index contributed by atoms with van der Waals surface area (Å²) in [5, 5.41) is 0. The third kappa shape index (κ3) is 5.41. The molecule has 7 heteroatoms. The second kappa shape index (κ2) is 8.75. The Morgan fingerprint density at radius 2 is 1.73 bits per heavy atom. The number of rotatable bonds is 5. The van der Waals surface area contributed by atoms with Crippen LogP contribution in [-0.4, -0.2) is 24.4 Å². The SMILES string of the molecule is Cc1ccc(CC(=O)OCC(=O)NNC(=O)c2ccccc2F)cc1C. The molecule has 0 fully saturated rings. The lowest BCUT2D eigenvalue weighted by Gasteiger charge is -2.09. The van der Waals surface area contributed by atoms with Crippen LogP contribution in [0, 0.1) is 19.7 Å². The molecular formula is C19H19FN2O4. The minimum Gasteiger partial charge on any atom is -0.455 e. The Bertz CT molecular complexity index is 836. The standard InChI is InChI=1S/C19H19FN2O4/c1-12-7-8-14(9-13(12)2)10-18(24)26-11-17(23)21-22-19(25)15-5-3-4-6-16(15)20/h3-9H,10-11H2,1-2H3,(H,21,23)(H,22,25). The zero-order valence-electron chi connectivity index (χ0n) is 14.5. The molecule has 2 amide bonds. The van der Waals surface area contributed by atoms with Crippen molar-refractivity contribution in [2.75, 3.05) is 6.61 Å². The van der Waals surface area contributed by atoms with Crippen molar-refractivity contribution in [1.82, 2.24) is 10.9 Å². The van der Waals surface area contributed by atoms with E-state index in [4.69, 9.17) is 4.74 Å². The van der Waals surface area contributed by atoms with E-state index in [1.165, 1.54) is 18.2 Å². The van der Waals surface area contributed by atoms with Gasteiger partial charge in [0.15, 0.2) is 6.61 Å². The molecule has 26 heavy (non-hydrogen) atoms. The van der Waals surface area contributed by atoms with Gasteiger partial charge in [-0.05, 0) is 42.7 Å². The van der Waals surface area contributed by atoms with Gasteiger partial charge in [-0.15, -0.1) is 0 Å². The van der Waals surface area contributed by atoms with E-state index in [1.54, 1.807) is 0 Å². The first-order valence-electron chi connectivity index (χ1n) is 7.92. The number of amides is 2. The molecule has 0 saturated heterocycles. The molecule has 0 saturated carbocycles. The smallest absolute Gasteiger partial charge is 0.310 e. The molecule has 0 aliphatic carbocycles. The number of halogens is 1. The van der Waals surface area contributed by atoms with Gasteiger partial charge in [-0.3, -0.25) is 25.2 Å². The van der Waals surface area contributed by atoms with Gasteiger partial charge in [0, 0.05) is 0 Å². The summed E-state index contributed by atoms with van der Waals surface area (Å²) in [6, 6.07) is 11.0. The Morgan fingerprint density at radius 3 is 2.42 bits per heavy atom. The fourth-order valence-corrected chi connectivity index (χ4v) is 2.15. The molecule has 0 bridgehead atoms. The third-order valence-electron chi connectivity index (χ3n) is 3.72. The average molecular weight is 358 g/mol. The molecule has 2 aromatic rings. The highest BCUT2D eigenvalue weighted by Gasteiger charge is 2.13. The summed E-state index contributed by atoms with van der Waals surface area (Å²) in [6.45, 7) is 3.36. The van der Waals surface area contributed by atoms with E-state index >= 15 is 0 Å². The zero-order chi connectivity index (χ0) is 19.1. The number of ether oxygens (including phenoxy) is 1. The predicted molar refractivity (Wildman–Crippen MR) is 92.6 cm³/mol. The molecule has 136 valence electrons. The fourth-order valence-electron chi connectivity index (χ4n) is 2.15. The quantitative estimate of drug-likeness (QED) is 0.632. The molecule has 0 aliphatic rings. The van der Waals surface area contributed by atoms with Crippen molar-refractivity contribution in [3.8, 4) is 0 Å². The van der Waals surface area contributed by atoms with Gasteiger partial charge in [0.2, 0.25) is 0 Å². The van der Waals surface area contributed by atoms with Crippen LogP contribution in [0.15, 0.2) is 42.5 Å². The summed E-state index contributed by atoms with van der Waals surface area (Å²) >= 11 is 0. The van der Waals surface area contributed by atoms with Crippen molar-refractivity contribution < 1.29 is 23.5 Å². The Balaban J connectivity index is 1.76. The van der Waals surface area contributed by atoms with E-state index in [2.05, 4.69) is 10.9 Å². The lowest BCUT2D eigenvalue weighted by Crippen LogP contribution is -2.43. The number of carbonyl (C=O) groups excluding carboxylic acids is 3. The highest BCUT2D eigenvalue weighted by Crippen LogP contribution is 2.10.